The van der Waals surface area contributed by atoms with Gasteiger partial charge in [-0.05, 0) is 43.0 Å². The average molecular weight is 249 g/mol. The van der Waals surface area contributed by atoms with Gasteiger partial charge in [0.1, 0.15) is 5.75 Å². The number of aromatic hydroxyl groups is 1. The molecule has 98 valence electrons. The molecular formula is C14H19NO3. The lowest BCUT2D eigenvalue weighted by molar-refractivity contribution is -0.138. The van der Waals surface area contributed by atoms with Gasteiger partial charge in [0.05, 0.1) is 0 Å². The second kappa shape index (κ2) is 5.87. The first-order chi connectivity index (χ1) is 8.63. The molecule has 0 radical (unpaired) electrons. The molecule has 4 nitrogen and oxygen atoms in total. The molecule has 1 heterocycles. The quantitative estimate of drug-likeness (QED) is 0.857. The number of phenols is 1. The number of carbonyl (C=O) groups is 1. The van der Waals surface area contributed by atoms with Crippen molar-refractivity contribution in [1.29, 1.82) is 0 Å². The normalized spacial score (nSPS) is 20.8. The molecule has 1 saturated heterocycles. The molecule has 1 atom stereocenters. The van der Waals surface area contributed by atoms with Crippen LogP contribution in [0.4, 0.5) is 0 Å². The zero-order chi connectivity index (χ0) is 13.0. The summed E-state index contributed by atoms with van der Waals surface area (Å²) >= 11 is 0. The van der Waals surface area contributed by atoms with Gasteiger partial charge in [0.15, 0.2) is 0 Å². The molecule has 1 fully saturated rings. The maximum atomic E-state index is 10.7. The van der Waals surface area contributed by atoms with E-state index in [1.54, 1.807) is 12.1 Å². The summed E-state index contributed by atoms with van der Waals surface area (Å²) in [6.45, 7) is 2.62. The molecule has 1 aromatic rings. The smallest absolute Gasteiger partial charge is 0.303 e. The van der Waals surface area contributed by atoms with Gasteiger partial charge in [0, 0.05) is 19.5 Å². The highest BCUT2D eigenvalue weighted by atomic mass is 16.4. The number of hydrogen-bond donors (Lipinski definition) is 2. The van der Waals surface area contributed by atoms with E-state index in [1.807, 2.05) is 12.1 Å². The van der Waals surface area contributed by atoms with Crippen molar-refractivity contribution in [1.82, 2.24) is 4.90 Å². The van der Waals surface area contributed by atoms with Crippen LogP contribution in [0.5, 0.6) is 5.75 Å². The zero-order valence-corrected chi connectivity index (χ0v) is 10.4. The molecule has 1 unspecified atom stereocenters. The lowest BCUT2D eigenvalue weighted by Gasteiger charge is -2.32. The van der Waals surface area contributed by atoms with E-state index in [0.29, 0.717) is 0 Å². The van der Waals surface area contributed by atoms with Crippen molar-refractivity contribution in [3.05, 3.63) is 29.8 Å². The summed E-state index contributed by atoms with van der Waals surface area (Å²) in [7, 11) is 0. The summed E-state index contributed by atoms with van der Waals surface area (Å²) in [6.07, 6.45) is 2.32. The van der Waals surface area contributed by atoms with E-state index in [-0.39, 0.29) is 18.1 Å². The topological polar surface area (TPSA) is 60.8 Å². The van der Waals surface area contributed by atoms with Crippen LogP contribution >= 0.6 is 0 Å². The monoisotopic (exact) mass is 249 g/mol. The van der Waals surface area contributed by atoms with Crippen LogP contribution in [-0.4, -0.2) is 34.2 Å². The number of aliphatic carboxylic acids is 1. The van der Waals surface area contributed by atoms with Gasteiger partial charge >= 0.3 is 5.97 Å². The van der Waals surface area contributed by atoms with Crippen LogP contribution in [0.3, 0.4) is 0 Å². The molecular weight excluding hydrogens is 230 g/mol. The number of carboxylic acid groups (broad SMARTS) is 1. The number of rotatable bonds is 4. The lowest BCUT2D eigenvalue weighted by Crippen LogP contribution is -2.35. The molecule has 2 rings (SSSR count). The molecule has 0 bridgehead atoms. The predicted molar refractivity (Wildman–Crippen MR) is 68.4 cm³/mol. The first-order valence-electron chi connectivity index (χ1n) is 6.35. The third-order valence-electron chi connectivity index (χ3n) is 3.38. The highest BCUT2D eigenvalue weighted by Gasteiger charge is 2.21. The standard InChI is InChI=1S/C14H19NO3/c16-13-5-1-3-11(7-13)9-15-6-2-4-12(10-15)8-14(17)18/h1,3,5,7,12,16H,2,4,6,8-10H2,(H,17,18). The zero-order valence-electron chi connectivity index (χ0n) is 10.4. The minimum atomic E-state index is -0.709. The van der Waals surface area contributed by atoms with Crippen LogP contribution in [-0.2, 0) is 11.3 Å². The van der Waals surface area contributed by atoms with Gasteiger partial charge in [-0.15, -0.1) is 0 Å². The summed E-state index contributed by atoms with van der Waals surface area (Å²) < 4.78 is 0. The Morgan fingerprint density at radius 2 is 2.28 bits per heavy atom. The number of phenolic OH excluding ortho intramolecular Hbond substituents is 1. The third kappa shape index (κ3) is 3.74. The molecule has 1 aromatic carbocycles. The van der Waals surface area contributed by atoms with Crippen molar-refractivity contribution in [2.24, 2.45) is 5.92 Å². The number of benzene rings is 1. The maximum Gasteiger partial charge on any atom is 0.303 e. The van der Waals surface area contributed by atoms with E-state index in [4.69, 9.17) is 5.11 Å². The second-order valence-corrected chi connectivity index (χ2v) is 5.01. The first kappa shape index (κ1) is 12.9. The number of hydrogen-bond acceptors (Lipinski definition) is 3. The van der Waals surface area contributed by atoms with E-state index >= 15 is 0 Å². The number of likely N-dealkylation sites (tertiary alicyclic amines) is 1. The van der Waals surface area contributed by atoms with Gasteiger partial charge in [-0.3, -0.25) is 9.69 Å². The Hall–Kier alpha value is -1.55. The maximum absolute atomic E-state index is 10.7. The summed E-state index contributed by atoms with van der Waals surface area (Å²) in [6, 6.07) is 7.25. The molecule has 0 aliphatic carbocycles. The van der Waals surface area contributed by atoms with E-state index in [9.17, 15) is 9.90 Å². The highest BCUT2D eigenvalue weighted by molar-refractivity contribution is 5.67. The third-order valence-corrected chi connectivity index (χ3v) is 3.38. The van der Waals surface area contributed by atoms with Gasteiger partial charge in [-0.1, -0.05) is 12.1 Å². The second-order valence-electron chi connectivity index (χ2n) is 5.01. The molecule has 0 amide bonds. The van der Waals surface area contributed by atoms with Crippen molar-refractivity contribution in [3.63, 3.8) is 0 Å². The van der Waals surface area contributed by atoms with Crippen molar-refractivity contribution in [3.8, 4) is 5.75 Å². The predicted octanol–water partition coefficient (Wildman–Crippen LogP) is 2.08. The van der Waals surface area contributed by atoms with Gasteiger partial charge in [-0.2, -0.15) is 0 Å². The summed E-state index contributed by atoms with van der Waals surface area (Å²) in [5.74, 6) is -0.167. The molecule has 4 heteroatoms. The lowest BCUT2D eigenvalue weighted by atomic mass is 9.94. The van der Waals surface area contributed by atoms with Crippen molar-refractivity contribution in [2.75, 3.05) is 13.1 Å². The largest absolute Gasteiger partial charge is 0.508 e. The van der Waals surface area contributed by atoms with Crippen LogP contribution in [0, 0.1) is 5.92 Å². The van der Waals surface area contributed by atoms with E-state index in [1.165, 1.54) is 0 Å². The highest BCUT2D eigenvalue weighted by Crippen LogP contribution is 2.22. The van der Waals surface area contributed by atoms with E-state index < -0.39 is 5.97 Å². The van der Waals surface area contributed by atoms with Crippen LogP contribution in [0.2, 0.25) is 0 Å². The van der Waals surface area contributed by atoms with Gasteiger partial charge in [-0.25, -0.2) is 0 Å². The Balaban J connectivity index is 1.91. The molecule has 0 saturated carbocycles. The van der Waals surface area contributed by atoms with Gasteiger partial charge in [0.2, 0.25) is 0 Å². The molecule has 0 aromatic heterocycles. The molecule has 1 aliphatic heterocycles. The summed E-state index contributed by atoms with van der Waals surface area (Å²) in [4.78, 5) is 13.0. The molecule has 1 aliphatic rings. The number of piperidine rings is 1. The fraction of sp³-hybridized carbons (Fsp3) is 0.500. The van der Waals surface area contributed by atoms with Crippen molar-refractivity contribution >= 4 is 5.97 Å². The minimum Gasteiger partial charge on any atom is -0.508 e. The van der Waals surface area contributed by atoms with Crippen LogP contribution in [0.1, 0.15) is 24.8 Å². The Bertz CT molecular complexity index is 419. The number of carboxylic acids is 1. The fourth-order valence-corrected chi connectivity index (χ4v) is 2.62. The number of nitrogens with zero attached hydrogens (tertiary/aromatic N) is 1. The van der Waals surface area contributed by atoms with Crippen molar-refractivity contribution in [2.45, 2.75) is 25.8 Å². The Labute approximate surface area is 107 Å². The molecule has 2 N–H and O–H groups in total. The summed E-state index contributed by atoms with van der Waals surface area (Å²) in [5.41, 5.74) is 1.07. The van der Waals surface area contributed by atoms with Crippen LogP contribution in [0.15, 0.2) is 24.3 Å². The Morgan fingerprint density at radius 1 is 1.44 bits per heavy atom. The minimum absolute atomic E-state index is 0.258. The summed E-state index contributed by atoms with van der Waals surface area (Å²) in [5, 5.41) is 18.2. The molecule has 18 heavy (non-hydrogen) atoms. The Kier molecular flexibility index (Phi) is 4.20. The first-order valence-corrected chi connectivity index (χ1v) is 6.35. The molecule has 0 spiro atoms. The van der Waals surface area contributed by atoms with Gasteiger partial charge in [0.25, 0.3) is 0 Å². The average Bonchev–Trinajstić information content (AvgIpc) is 2.28. The SMILES string of the molecule is O=C(O)CC1CCCN(Cc2cccc(O)c2)C1. The van der Waals surface area contributed by atoms with Crippen molar-refractivity contribution < 1.29 is 15.0 Å². The van der Waals surface area contributed by atoms with Gasteiger partial charge < -0.3 is 10.2 Å². The van der Waals surface area contributed by atoms with E-state index in [2.05, 4.69) is 4.90 Å². The van der Waals surface area contributed by atoms with E-state index in [0.717, 1.165) is 38.0 Å². The van der Waals surface area contributed by atoms with Crippen LogP contribution in [0.25, 0.3) is 0 Å². The Morgan fingerprint density at radius 3 is 3.00 bits per heavy atom. The fourth-order valence-electron chi connectivity index (χ4n) is 2.62. The van der Waals surface area contributed by atoms with Crippen LogP contribution < -0.4 is 0 Å².